The summed E-state index contributed by atoms with van der Waals surface area (Å²) in [5.41, 5.74) is 0.921. The number of sulfonamides is 1. The number of hydrogen-bond donors (Lipinski definition) is 2. The number of esters is 2. The Morgan fingerprint density at radius 3 is 2.17 bits per heavy atom. The molecule has 0 aliphatic carbocycles. The summed E-state index contributed by atoms with van der Waals surface area (Å²) in [6, 6.07) is 4.90. The van der Waals surface area contributed by atoms with Gasteiger partial charge in [0.05, 0.1) is 49.0 Å². The molecule has 1 aromatic carbocycles. The van der Waals surface area contributed by atoms with Crippen LogP contribution < -0.4 is 10.0 Å². The molecule has 2 N–H and O–H groups in total. The van der Waals surface area contributed by atoms with E-state index in [-0.39, 0.29) is 44.6 Å². The molecule has 1 amide bonds. The molecule has 1 atom stereocenters. The van der Waals surface area contributed by atoms with Crippen molar-refractivity contribution in [3.05, 3.63) is 72.9 Å². The van der Waals surface area contributed by atoms with Crippen molar-refractivity contribution < 1.29 is 32.3 Å². The summed E-state index contributed by atoms with van der Waals surface area (Å²) in [6.07, 6.45) is 3.46. The zero-order chi connectivity index (χ0) is 35.2. The van der Waals surface area contributed by atoms with Crippen molar-refractivity contribution in [1.82, 2.24) is 24.8 Å². The molecule has 2 aliphatic rings. The molecule has 0 radical (unpaired) electrons. The molecule has 0 spiro atoms. The molecule has 3 heterocycles. The lowest BCUT2D eigenvalue weighted by atomic mass is 9.78. The van der Waals surface area contributed by atoms with Crippen molar-refractivity contribution in [1.29, 1.82) is 0 Å². The Morgan fingerprint density at radius 2 is 1.62 bits per heavy atom. The second-order valence-electron chi connectivity index (χ2n) is 12.5. The Labute approximate surface area is 295 Å². The monoisotopic (exact) mass is 741 g/mol. The van der Waals surface area contributed by atoms with E-state index >= 15 is 0 Å². The van der Waals surface area contributed by atoms with Gasteiger partial charge in [0.1, 0.15) is 0 Å². The van der Waals surface area contributed by atoms with Gasteiger partial charge < -0.3 is 19.7 Å². The first-order valence-electron chi connectivity index (χ1n) is 15.3. The number of allylic oxidation sites excluding steroid dienone is 1. The highest BCUT2D eigenvalue weighted by molar-refractivity contribution is 7.88. The Bertz CT molecular complexity index is 1670. The van der Waals surface area contributed by atoms with Crippen LogP contribution >= 0.6 is 34.5 Å². The standard InChI is InChI=1S/C32H41Cl2N5O7S2/c1-32(2,18-36-48(5,43)44)19-38-12-14-39(15-13-38)25(40)17-23-28(31(42)46-4)29(26-20(33)7-6-8-21(26)34)27(30(41)45-3)22(37-23)9-10-24-35-11-16-47-24/h6-8,11,16,29,36-37H,9-10,12-15,17-19H2,1-5H3. The molecule has 262 valence electrons. The van der Waals surface area contributed by atoms with Crippen LogP contribution in [0.15, 0.2) is 52.3 Å². The minimum absolute atomic E-state index is 0.0398. The van der Waals surface area contributed by atoms with Gasteiger partial charge >= 0.3 is 11.9 Å². The lowest BCUT2D eigenvalue weighted by Gasteiger charge is -2.39. The molecule has 12 nitrogen and oxygen atoms in total. The molecular formula is C32H41Cl2N5O7S2. The molecular weight excluding hydrogens is 701 g/mol. The van der Waals surface area contributed by atoms with E-state index in [9.17, 15) is 22.8 Å². The van der Waals surface area contributed by atoms with Crippen molar-refractivity contribution in [3.8, 4) is 0 Å². The second kappa shape index (κ2) is 16.1. The molecule has 2 aliphatic heterocycles. The van der Waals surface area contributed by atoms with Crippen molar-refractivity contribution in [2.75, 3.05) is 59.7 Å². The zero-order valence-corrected chi connectivity index (χ0v) is 30.7. The number of amides is 1. The van der Waals surface area contributed by atoms with Crippen LogP contribution in [0, 0.1) is 5.41 Å². The Kier molecular flexibility index (Phi) is 12.7. The lowest BCUT2D eigenvalue weighted by molar-refractivity contribution is -0.137. The largest absolute Gasteiger partial charge is 0.466 e. The normalized spacial score (nSPS) is 17.7. The van der Waals surface area contributed by atoms with E-state index < -0.39 is 27.9 Å². The van der Waals surface area contributed by atoms with E-state index in [4.69, 9.17) is 32.7 Å². The molecule has 16 heteroatoms. The lowest BCUT2D eigenvalue weighted by Crippen LogP contribution is -2.52. The number of benzene rings is 1. The summed E-state index contributed by atoms with van der Waals surface area (Å²) < 4.78 is 36.2. The predicted molar refractivity (Wildman–Crippen MR) is 185 cm³/mol. The summed E-state index contributed by atoms with van der Waals surface area (Å²) in [5, 5.41) is 6.42. The molecule has 1 saturated heterocycles. The number of aromatic nitrogens is 1. The van der Waals surface area contributed by atoms with Crippen LogP contribution in [-0.4, -0.2) is 101 Å². The summed E-state index contributed by atoms with van der Waals surface area (Å²) >= 11 is 14.9. The molecule has 1 fully saturated rings. The predicted octanol–water partition coefficient (Wildman–Crippen LogP) is 3.73. The van der Waals surface area contributed by atoms with Crippen LogP contribution in [0.25, 0.3) is 0 Å². The van der Waals surface area contributed by atoms with E-state index in [0.29, 0.717) is 63.4 Å². The van der Waals surface area contributed by atoms with E-state index in [2.05, 4.69) is 19.9 Å². The van der Waals surface area contributed by atoms with Gasteiger partial charge in [0, 0.05) is 84.3 Å². The molecule has 1 aromatic heterocycles. The van der Waals surface area contributed by atoms with Crippen molar-refractivity contribution in [2.24, 2.45) is 5.41 Å². The number of aryl methyl sites for hydroxylation is 1. The third-order valence-corrected chi connectivity index (χ3v) is 10.4. The topological polar surface area (TPSA) is 147 Å². The maximum absolute atomic E-state index is 13.9. The average Bonchev–Trinajstić information content (AvgIpc) is 3.56. The quantitative estimate of drug-likeness (QED) is 0.291. The minimum Gasteiger partial charge on any atom is -0.466 e. The smallest absolute Gasteiger partial charge is 0.336 e. The third kappa shape index (κ3) is 9.57. The highest BCUT2D eigenvalue weighted by Crippen LogP contribution is 2.46. The molecule has 48 heavy (non-hydrogen) atoms. The minimum atomic E-state index is -3.31. The first kappa shape index (κ1) is 37.8. The van der Waals surface area contributed by atoms with E-state index in [1.807, 2.05) is 19.2 Å². The van der Waals surface area contributed by atoms with Gasteiger partial charge in [0.25, 0.3) is 0 Å². The van der Waals surface area contributed by atoms with E-state index in [1.54, 1.807) is 29.3 Å². The average molecular weight is 743 g/mol. The van der Waals surface area contributed by atoms with Crippen molar-refractivity contribution in [3.63, 3.8) is 0 Å². The number of thiazole rings is 1. The van der Waals surface area contributed by atoms with Gasteiger partial charge in [-0.2, -0.15) is 0 Å². The number of carbonyl (C=O) groups excluding carboxylic acids is 3. The number of rotatable bonds is 13. The van der Waals surface area contributed by atoms with Gasteiger partial charge in [0.15, 0.2) is 0 Å². The number of hydrogen-bond acceptors (Lipinski definition) is 11. The third-order valence-electron chi connectivity index (χ3n) is 8.22. The number of dihydropyridines is 1. The van der Waals surface area contributed by atoms with Crippen LogP contribution in [-0.2, 0) is 40.3 Å². The molecule has 1 unspecified atom stereocenters. The Hall–Kier alpha value is -3.01. The molecule has 0 saturated carbocycles. The Morgan fingerprint density at radius 1 is 1.02 bits per heavy atom. The van der Waals surface area contributed by atoms with Crippen LogP contribution in [0.4, 0.5) is 0 Å². The number of piperazine rings is 1. The summed E-state index contributed by atoms with van der Waals surface area (Å²) in [7, 11) is -0.831. The summed E-state index contributed by atoms with van der Waals surface area (Å²) in [4.78, 5) is 49.2. The fraction of sp³-hybridized carbons (Fsp3) is 0.500. The fourth-order valence-corrected chi connectivity index (χ4v) is 7.83. The molecule has 4 rings (SSSR count). The van der Waals surface area contributed by atoms with Gasteiger partial charge in [0.2, 0.25) is 15.9 Å². The van der Waals surface area contributed by atoms with Gasteiger partial charge in [-0.3, -0.25) is 9.69 Å². The van der Waals surface area contributed by atoms with Crippen molar-refractivity contribution >= 4 is 62.4 Å². The van der Waals surface area contributed by atoms with Gasteiger partial charge in [-0.25, -0.2) is 27.7 Å². The van der Waals surface area contributed by atoms with Crippen LogP contribution in [0.2, 0.25) is 10.0 Å². The van der Waals surface area contributed by atoms with Gasteiger partial charge in [-0.05, 0) is 24.0 Å². The van der Waals surface area contributed by atoms with Gasteiger partial charge in [-0.15, -0.1) is 11.3 Å². The molecule has 0 bridgehead atoms. The number of methoxy groups -OCH3 is 2. The first-order chi connectivity index (χ1) is 22.6. The summed E-state index contributed by atoms with van der Waals surface area (Å²) in [5.74, 6) is -2.74. The van der Waals surface area contributed by atoms with E-state index in [1.165, 1.54) is 25.6 Å². The van der Waals surface area contributed by atoms with Gasteiger partial charge in [-0.1, -0.05) is 43.1 Å². The number of carbonyl (C=O) groups is 3. The maximum atomic E-state index is 13.9. The van der Waals surface area contributed by atoms with Crippen molar-refractivity contribution in [2.45, 2.75) is 39.0 Å². The number of nitrogens with one attached hydrogen (secondary N) is 2. The first-order valence-corrected chi connectivity index (χ1v) is 18.8. The molecule has 2 aromatic rings. The second-order valence-corrected chi connectivity index (χ2v) is 16.1. The number of halogens is 2. The zero-order valence-electron chi connectivity index (χ0n) is 27.6. The van der Waals surface area contributed by atoms with Crippen LogP contribution in [0.5, 0.6) is 0 Å². The highest BCUT2D eigenvalue weighted by atomic mass is 35.5. The SMILES string of the molecule is COC(=O)C1=C(CCc2nccs2)NC(CC(=O)N2CCN(CC(C)(C)CNS(C)(=O)=O)CC2)=C(C(=O)OC)C1c1c(Cl)cccc1Cl. The maximum Gasteiger partial charge on any atom is 0.336 e. The Balaban J connectivity index is 1.65. The summed E-state index contributed by atoms with van der Waals surface area (Å²) in [6.45, 7) is 6.97. The number of ether oxygens (including phenoxy) is 2. The van der Waals surface area contributed by atoms with E-state index in [0.717, 1.165) is 11.3 Å². The fourth-order valence-electron chi connectivity index (χ4n) is 5.94. The number of nitrogens with zero attached hydrogens (tertiary/aromatic N) is 3. The van der Waals surface area contributed by atoms with Crippen LogP contribution in [0.1, 0.15) is 43.2 Å². The van der Waals surface area contributed by atoms with Crippen LogP contribution in [0.3, 0.4) is 0 Å². The highest BCUT2D eigenvalue weighted by Gasteiger charge is 2.42.